The van der Waals surface area contributed by atoms with E-state index in [9.17, 15) is 29.4 Å². The van der Waals surface area contributed by atoms with Gasteiger partial charge in [-0.25, -0.2) is 0 Å². The molecule has 0 radical (unpaired) electrons. The molecule has 4 rings (SSSR count). The average Bonchev–Trinajstić information content (AvgIpc) is 2.98. The molecule has 0 unspecified atom stereocenters. The first-order chi connectivity index (χ1) is 19.3. The van der Waals surface area contributed by atoms with Crippen molar-refractivity contribution >= 4 is 23.8 Å². The van der Waals surface area contributed by atoms with E-state index in [-0.39, 0.29) is 24.9 Å². The molecule has 2 aromatic rings. The number of carbonyl (C=O) groups excluding carboxylic acids is 2. The molecule has 2 saturated carbocycles. The summed E-state index contributed by atoms with van der Waals surface area (Å²) in [5.74, 6) is -4.86. The van der Waals surface area contributed by atoms with Crippen molar-refractivity contribution < 1.29 is 29.4 Å². The highest BCUT2D eigenvalue weighted by Gasteiger charge is 2.40. The maximum atomic E-state index is 13.9. The van der Waals surface area contributed by atoms with Gasteiger partial charge in [0.15, 0.2) is 0 Å². The Hall–Kier alpha value is -3.68. The lowest BCUT2D eigenvalue weighted by Crippen LogP contribution is -2.48. The number of rotatable bonds is 11. The van der Waals surface area contributed by atoms with Gasteiger partial charge in [0.05, 0.1) is 23.7 Å². The van der Waals surface area contributed by atoms with E-state index >= 15 is 0 Å². The van der Waals surface area contributed by atoms with Crippen LogP contribution in [0.4, 0.5) is 0 Å². The van der Waals surface area contributed by atoms with Crippen molar-refractivity contribution in [1.29, 1.82) is 0 Å². The first kappa shape index (κ1) is 29.3. The van der Waals surface area contributed by atoms with Gasteiger partial charge in [0.25, 0.3) is 0 Å². The third-order valence-electron chi connectivity index (χ3n) is 8.50. The minimum Gasteiger partial charge on any atom is -0.481 e. The molecule has 0 aromatic heterocycles. The van der Waals surface area contributed by atoms with Crippen LogP contribution in [0.3, 0.4) is 0 Å². The van der Waals surface area contributed by atoms with Gasteiger partial charge in [-0.15, -0.1) is 0 Å². The van der Waals surface area contributed by atoms with Crippen molar-refractivity contribution in [2.24, 2.45) is 23.7 Å². The third kappa shape index (κ3) is 7.49. The van der Waals surface area contributed by atoms with Gasteiger partial charge in [0.2, 0.25) is 11.8 Å². The number of aliphatic carboxylic acids is 2. The number of hydrogen-bond donors (Lipinski definition) is 2. The molecule has 40 heavy (non-hydrogen) atoms. The molecular weight excluding hydrogens is 508 g/mol. The molecule has 0 spiro atoms. The second-order valence-corrected chi connectivity index (χ2v) is 11.2. The zero-order chi connectivity index (χ0) is 28.5. The van der Waals surface area contributed by atoms with Gasteiger partial charge in [-0.2, -0.15) is 0 Å². The Bertz CT molecular complexity index is 1060. The van der Waals surface area contributed by atoms with Crippen molar-refractivity contribution in [3.63, 3.8) is 0 Å². The number of benzene rings is 2. The van der Waals surface area contributed by atoms with Crippen molar-refractivity contribution in [2.75, 3.05) is 13.1 Å². The van der Waals surface area contributed by atoms with Crippen LogP contribution in [0.15, 0.2) is 60.7 Å². The van der Waals surface area contributed by atoms with Gasteiger partial charge in [-0.3, -0.25) is 19.2 Å². The molecule has 8 heteroatoms. The molecule has 0 aliphatic heterocycles. The molecule has 2 N–H and O–H groups in total. The summed E-state index contributed by atoms with van der Waals surface area (Å²) in [5.41, 5.74) is 1.86. The number of nitrogens with zero attached hydrogens (tertiary/aromatic N) is 2. The van der Waals surface area contributed by atoms with Gasteiger partial charge in [-0.05, 0) is 36.8 Å². The van der Waals surface area contributed by atoms with E-state index in [2.05, 4.69) is 0 Å². The van der Waals surface area contributed by atoms with Crippen LogP contribution in [0.2, 0.25) is 0 Å². The zero-order valence-electron chi connectivity index (χ0n) is 23.0. The summed E-state index contributed by atoms with van der Waals surface area (Å²) < 4.78 is 0. The molecule has 2 fully saturated rings. The lowest BCUT2D eigenvalue weighted by molar-refractivity contribution is -0.154. The fourth-order valence-electron chi connectivity index (χ4n) is 6.30. The number of carboxylic acids is 2. The summed E-state index contributed by atoms with van der Waals surface area (Å²) in [6, 6.07) is 19.1. The predicted octanol–water partition coefficient (Wildman–Crippen LogP) is 4.83. The van der Waals surface area contributed by atoms with Gasteiger partial charge in [0, 0.05) is 26.2 Å². The van der Waals surface area contributed by atoms with Gasteiger partial charge in [-0.1, -0.05) is 86.3 Å². The summed E-state index contributed by atoms with van der Waals surface area (Å²) in [4.78, 5) is 55.2. The molecular formula is C32H40N2O6. The Morgan fingerprint density at radius 1 is 0.550 bits per heavy atom. The van der Waals surface area contributed by atoms with Crippen molar-refractivity contribution in [2.45, 2.75) is 64.5 Å². The highest BCUT2D eigenvalue weighted by molar-refractivity contribution is 5.86. The van der Waals surface area contributed by atoms with Crippen molar-refractivity contribution in [3.8, 4) is 0 Å². The van der Waals surface area contributed by atoms with Crippen LogP contribution in [0.5, 0.6) is 0 Å². The number of carbonyl (C=O) groups is 4. The largest absolute Gasteiger partial charge is 0.481 e. The minimum absolute atomic E-state index is 0.191. The van der Waals surface area contributed by atoms with E-state index in [1.165, 1.54) is 0 Å². The number of hydrogen-bond acceptors (Lipinski definition) is 4. The Balaban J connectivity index is 1.58. The van der Waals surface area contributed by atoms with Gasteiger partial charge in [0.1, 0.15) is 0 Å². The first-order valence-corrected chi connectivity index (χ1v) is 14.5. The molecule has 2 amide bonds. The zero-order valence-corrected chi connectivity index (χ0v) is 23.0. The normalized spacial score (nSPS) is 22.7. The Morgan fingerprint density at radius 3 is 1.20 bits per heavy atom. The van der Waals surface area contributed by atoms with Crippen LogP contribution in [0, 0.1) is 23.7 Å². The number of amides is 2. The van der Waals surface area contributed by atoms with E-state index in [4.69, 9.17) is 0 Å². The fraction of sp³-hybridized carbons (Fsp3) is 0.500. The lowest BCUT2D eigenvalue weighted by atomic mass is 9.78. The van der Waals surface area contributed by atoms with Crippen molar-refractivity contribution in [3.05, 3.63) is 71.8 Å². The Labute approximate surface area is 236 Å². The molecule has 0 saturated heterocycles. The van der Waals surface area contributed by atoms with Crippen LogP contribution in [-0.4, -0.2) is 56.9 Å². The average molecular weight is 549 g/mol. The second-order valence-electron chi connectivity index (χ2n) is 11.2. The molecule has 0 heterocycles. The maximum Gasteiger partial charge on any atom is 0.307 e. The molecule has 4 atom stereocenters. The Kier molecular flexibility index (Phi) is 10.3. The maximum absolute atomic E-state index is 13.9. The quantitative estimate of drug-likeness (QED) is 0.416. The standard InChI is InChI=1S/C32H40N2O6/c35-29(25-15-7-9-17-27(25)31(37)38)33(21-23-11-3-1-4-12-23)19-20-34(22-24-13-5-2-6-14-24)30(36)26-16-8-10-18-28(26)32(39)40/h1-6,11-14,25-28H,7-10,15-22H2,(H,37,38)(H,39,40)/t25-,26-,27+,28+/m1/s1. The van der Waals surface area contributed by atoms with E-state index in [1.54, 1.807) is 9.80 Å². The van der Waals surface area contributed by atoms with Crippen molar-refractivity contribution in [1.82, 2.24) is 9.80 Å². The summed E-state index contributed by atoms with van der Waals surface area (Å²) in [7, 11) is 0. The molecule has 2 aliphatic rings. The molecule has 0 bridgehead atoms. The van der Waals surface area contributed by atoms with E-state index in [1.807, 2.05) is 60.7 Å². The molecule has 2 aliphatic carbocycles. The SMILES string of the molecule is O=C(O)[C@H]1CCCC[C@H]1C(=O)N(CCN(Cc1ccccc1)C(=O)[C@@H]1CCCC[C@@H]1C(=O)O)Cc1ccccc1. The van der Waals surface area contributed by atoms with Crippen LogP contribution < -0.4 is 0 Å². The van der Waals surface area contributed by atoms with Gasteiger partial charge >= 0.3 is 11.9 Å². The monoisotopic (exact) mass is 548 g/mol. The molecule has 2 aromatic carbocycles. The van der Waals surface area contributed by atoms with E-state index in [0.717, 1.165) is 36.8 Å². The molecule has 214 valence electrons. The summed E-state index contributed by atoms with van der Waals surface area (Å²) >= 11 is 0. The lowest BCUT2D eigenvalue weighted by Gasteiger charge is -2.36. The first-order valence-electron chi connectivity index (χ1n) is 14.5. The second kappa shape index (κ2) is 14.1. The smallest absolute Gasteiger partial charge is 0.307 e. The third-order valence-corrected chi connectivity index (χ3v) is 8.50. The summed E-state index contributed by atoms with van der Waals surface area (Å²) in [5, 5.41) is 19.7. The highest BCUT2D eigenvalue weighted by Crippen LogP contribution is 2.34. The number of carboxylic acid groups (broad SMARTS) is 2. The predicted molar refractivity (Wildman–Crippen MR) is 150 cm³/mol. The summed E-state index contributed by atoms with van der Waals surface area (Å²) in [6.07, 6.45) is 5.28. The Morgan fingerprint density at radius 2 is 0.875 bits per heavy atom. The minimum atomic E-state index is -0.935. The summed E-state index contributed by atoms with van der Waals surface area (Å²) in [6.45, 7) is 1.10. The van der Waals surface area contributed by atoms with E-state index in [0.29, 0.717) is 38.8 Å². The van der Waals surface area contributed by atoms with Crippen LogP contribution in [0.1, 0.15) is 62.5 Å². The van der Waals surface area contributed by atoms with Crippen LogP contribution in [0.25, 0.3) is 0 Å². The topological polar surface area (TPSA) is 115 Å². The highest BCUT2D eigenvalue weighted by atomic mass is 16.4. The fourth-order valence-corrected chi connectivity index (χ4v) is 6.30. The molecule has 8 nitrogen and oxygen atoms in total. The van der Waals surface area contributed by atoms with Crippen LogP contribution in [-0.2, 0) is 32.3 Å². The van der Waals surface area contributed by atoms with Crippen LogP contribution >= 0.6 is 0 Å². The van der Waals surface area contributed by atoms with E-state index < -0.39 is 35.6 Å². The van der Waals surface area contributed by atoms with Gasteiger partial charge < -0.3 is 20.0 Å².